The lowest BCUT2D eigenvalue weighted by atomic mass is 9.98. The maximum atomic E-state index is 12.7. The number of sulfonamides is 1. The average Bonchev–Trinajstić information content (AvgIpc) is 2.73. The zero-order valence-electron chi connectivity index (χ0n) is 18.7. The van der Waals surface area contributed by atoms with Gasteiger partial charge in [0.1, 0.15) is 6.54 Å². The smallest absolute Gasteiger partial charge is 0.241 e. The number of likely N-dealkylation sites (tertiary alicyclic amines) is 1. The lowest BCUT2D eigenvalue weighted by Gasteiger charge is -2.30. The van der Waals surface area contributed by atoms with Crippen molar-refractivity contribution in [2.24, 2.45) is 5.92 Å². The van der Waals surface area contributed by atoms with Crippen LogP contribution in [0.4, 0.5) is 5.69 Å². The number of hydrogen-bond acceptors (Lipinski definition) is 4. The van der Waals surface area contributed by atoms with E-state index in [1.807, 2.05) is 37.3 Å². The molecule has 1 heterocycles. The molecule has 0 radical (unpaired) electrons. The number of carbonyl (C=O) groups is 1. The second kappa shape index (κ2) is 10.3. The highest BCUT2D eigenvalue weighted by atomic mass is 32.2. The molecule has 0 aliphatic carbocycles. The number of hydrogen-bond donors (Lipinski definition) is 1. The van der Waals surface area contributed by atoms with Gasteiger partial charge in [-0.3, -0.25) is 14.0 Å². The second-order valence-corrected chi connectivity index (χ2v) is 10.5. The van der Waals surface area contributed by atoms with Crippen molar-refractivity contribution in [2.75, 3.05) is 30.2 Å². The van der Waals surface area contributed by atoms with E-state index in [1.54, 1.807) is 12.1 Å². The van der Waals surface area contributed by atoms with E-state index < -0.39 is 10.0 Å². The molecule has 0 atom stereocenters. The maximum Gasteiger partial charge on any atom is 0.241 e. The Kier molecular flexibility index (Phi) is 7.73. The summed E-state index contributed by atoms with van der Waals surface area (Å²) in [6, 6.07) is 15.3. The molecule has 0 unspecified atom stereocenters. The number of aryl methyl sites for hydroxylation is 1. The van der Waals surface area contributed by atoms with Crippen molar-refractivity contribution in [3.63, 3.8) is 0 Å². The van der Waals surface area contributed by atoms with Gasteiger partial charge >= 0.3 is 0 Å². The topological polar surface area (TPSA) is 69.7 Å². The normalized spacial score (nSPS) is 15.6. The van der Waals surface area contributed by atoms with Crippen LogP contribution in [0.2, 0.25) is 0 Å². The molecular weight excluding hydrogens is 410 g/mol. The number of benzene rings is 2. The quantitative estimate of drug-likeness (QED) is 0.680. The Bertz CT molecular complexity index is 999. The third-order valence-corrected chi connectivity index (χ3v) is 7.06. The Morgan fingerprint density at radius 3 is 2.32 bits per heavy atom. The molecule has 1 aliphatic heterocycles. The highest BCUT2D eigenvalue weighted by molar-refractivity contribution is 7.92. The average molecular weight is 444 g/mol. The molecule has 3 rings (SSSR count). The Morgan fingerprint density at radius 1 is 1.06 bits per heavy atom. The van der Waals surface area contributed by atoms with Gasteiger partial charge in [0.05, 0.1) is 11.9 Å². The summed E-state index contributed by atoms with van der Waals surface area (Å²) in [5.74, 6) is 0.465. The van der Waals surface area contributed by atoms with E-state index in [2.05, 4.69) is 23.2 Å². The Morgan fingerprint density at radius 2 is 1.68 bits per heavy atom. The van der Waals surface area contributed by atoms with Crippen LogP contribution in [0.15, 0.2) is 48.5 Å². The molecule has 0 aromatic heterocycles. The summed E-state index contributed by atoms with van der Waals surface area (Å²) >= 11 is 0. The van der Waals surface area contributed by atoms with Gasteiger partial charge in [-0.15, -0.1) is 0 Å². The highest BCUT2D eigenvalue weighted by Crippen LogP contribution is 2.22. The molecule has 7 heteroatoms. The minimum Gasteiger partial charge on any atom is -0.350 e. The number of para-hydroxylation sites is 1. The van der Waals surface area contributed by atoms with E-state index in [1.165, 1.54) is 22.7 Å². The van der Waals surface area contributed by atoms with Crippen molar-refractivity contribution < 1.29 is 13.2 Å². The Hall–Kier alpha value is -2.38. The predicted octanol–water partition coefficient (Wildman–Crippen LogP) is 3.31. The Balaban J connectivity index is 1.64. The fourth-order valence-corrected chi connectivity index (χ4v) is 4.86. The van der Waals surface area contributed by atoms with Crippen LogP contribution in [0.5, 0.6) is 0 Å². The fourth-order valence-electron chi connectivity index (χ4n) is 3.95. The third-order valence-electron chi connectivity index (χ3n) is 5.94. The zero-order valence-corrected chi connectivity index (χ0v) is 19.5. The summed E-state index contributed by atoms with van der Waals surface area (Å²) in [4.78, 5) is 15.1. The van der Waals surface area contributed by atoms with E-state index >= 15 is 0 Å². The number of anilines is 1. The van der Waals surface area contributed by atoms with Crippen molar-refractivity contribution in [3.8, 4) is 0 Å². The molecule has 1 aliphatic rings. The van der Waals surface area contributed by atoms with Gasteiger partial charge in [-0.1, -0.05) is 49.4 Å². The van der Waals surface area contributed by atoms with E-state index in [-0.39, 0.29) is 12.5 Å². The minimum atomic E-state index is -3.58. The number of nitrogens with zero attached hydrogens (tertiary/aromatic N) is 2. The molecule has 1 amide bonds. The lowest BCUT2D eigenvalue weighted by molar-refractivity contribution is -0.119. The van der Waals surface area contributed by atoms with E-state index in [9.17, 15) is 13.2 Å². The zero-order chi connectivity index (χ0) is 22.4. The molecule has 6 nitrogen and oxygen atoms in total. The standard InChI is InChI=1S/C24H33N3O3S/c1-19-12-14-26(15-13-19)17-22-10-6-5-9-21(22)16-25-24(28)18-27(31(3,29)30)23-11-7-4-8-20(23)2/h4-11,19H,12-18H2,1-3H3,(H,25,28). The van der Waals surface area contributed by atoms with Crippen LogP contribution >= 0.6 is 0 Å². The van der Waals surface area contributed by atoms with Gasteiger partial charge in [-0.25, -0.2) is 8.42 Å². The number of piperidine rings is 1. The first-order chi connectivity index (χ1) is 14.7. The summed E-state index contributed by atoms with van der Waals surface area (Å²) in [7, 11) is -3.58. The van der Waals surface area contributed by atoms with Crippen molar-refractivity contribution in [3.05, 3.63) is 65.2 Å². The first-order valence-corrected chi connectivity index (χ1v) is 12.7. The second-order valence-electron chi connectivity index (χ2n) is 8.56. The molecule has 1 fully saturated rings. The third kappa shape index (κ3) is 6.55. The van der Waals surface area contributed by atoms with Gasteiger partial charge in [0.25, 0.3) is 0 Å². The maximum absolute atomic E-state index is 12.7. The SMILES string of the molecule is Cc1ccccc1N(CC(=O)NCc1ccccc1CN1CCC(C)CC1)S(C)(=O)=O. The largest absolute Gasteiger partial charge is 0.350 e. The Labute approximate surface area is 186 Å². The van der Waals surface area contributed by atoms with Gasteiger partial charge in [-0.05, 0) is 61.5 Å². The van der Waals surface area contributed by atoms with Crippen molar-refractivity contribution in [2.45, 2.75) is 39.8 Å². The summed E-state index contributed by atoms with van der Waals surface area (Å²) in [6.45, 7) is 7.35. The molecule has 2 aromatic rings. The van der Waals surface area contributed by atoms with Gasteiger partial charge in [0.2, 0.25) is 15.9 Å². The molecule has 2 aromatic carbocycles. The molecule has 0 saturated carbocycles. The summed E-state index contributed by atoms with van der Waals surface area (Å²) in [5, 5.41) is 2.91. The van der Waals surface area contributed by atoms with Crippen LogP contribution in [0.25, 0.3) is 0 Å². The first-order valence-electron chi connectivity index (χ1n) is 10.8. The molecule has 0 spiro atoms. The van der Waals surface area contributed by atoms with Gasteiger partial charge in [0.15, 0.2) is 0 Å². The fraction of sp³-hybridized carbons (Fsp3) is 0.458. The van der Waals surface area contributed by atoms with Crippen LogP contribution in [-0.2, 0) is 27.9 Å². The molecule has 1 saturated heterocycles. The first kappa shape index (κ1) is 23.3. The molecule has 31 heavy (non-hydrogen) atoms. The van der Waals surface area contributed by atoms with Crippen molar-refractivity contribution in [1.82, 2.24) is 10.2 Å². The van der Waals surface area contributed by atoms with Crippen LogP contribution in [0, 0.1) is 12.8 Å². The minimum absolute atomic E-state index is 0.240. The van der Waals surface area contributed by atoms with Crippen molar-refractivity contribution >= 4 is 21.6 Å². The summed E-state index contributed by atoms with van der Waals surface area (Å²) in [5.41, 5.74) is 3.61. The number of rotatable bonds is 8. The van der Waals surface area contributed by atoms with E-state index in [0.29, 0.717) is 12.2 Å². The van der Waals surface area contributed by atoms with Crippen LogP contribution < -0.4 is 9.62 Å². The van der Waals surface area contributed by atoms with Gasteiger partial charge in [0, 0.05) is 13.1 Å². The lowest BCUT2D eigenvalue weighted by Crippen LogP contribution is -2.40. The predicted molar refractivity (Wildman–Crippen MR) is 125 cm³/mol. The summed E-state index contributed by atoms with van der Waals surface area (Å²) in [6.07, 6.45) is 3.57. The molecule has 1 N–H and O–H groups in total. The molecule has 0 bridgehead atoms. The van der Waals surface area contributed by atoms with Crippen LogP contribution in [-0.4, -0.2) is 45.1 Å². The van der Waals surface area contributed by atoms with Crippen LogP contribution in [0.3, 0.4) is 0 Å². The summed E-state index contributed by atoms with van der Waals surface area (Å²) < 4.78 is 25.8. The molecular formula is C24H33N3O3S. The highest BCUT2D eigenvalue weighted by Gasteiger charge is 2.22. The molecule has 168 valence electrons. The van der Waals surface area contributed by atoms with Gasteiger partial charge < -0.3 is 5.32 Å². The number of carbonyl (C=O) groups excluding carboxylic acids is 1. The van der Waals surface area contributed by atoms with E-state index in [4.69, 9.17) is 0 Å². The van der Waals surface area contributed by atoms with Gasteiger partial charge in [-0.2, -0.15) is 0 Å². The monoisotopic (exact) mass is 443 g/mol. The van der Waals surface area contributed by atoms with Crippen LogP contribution in [0.1, 0.15) is 36.5 Å². The van der Waals surface area contributed by atoms with Crippen molar-refractivity contribution in [1.29, 1.82) is 0 Å². The number of nitrogens with one attached hydrogen (secondary N) is 1. The number of amides is 1. The van der Waals surface area contributed by atoms with E-state index in [0.717, 1.165) is 42.9 Å².